The SMILES string of the molecule is Cc1ccc(-c2ccc(NCCS(=O)(=O)F)c(-c3ccn(Cc4cccnc4)n3)c2)cc1. The first-order valence-electron chi connectivity index (χ1n) is 10.2. The molecule has 0 aliphatic carbocycles. The molecule has 2 aromatic carbocycles. The van der Waals surface area contributed by atoms with Gasteiger partial charge >= 0.3 is 10.2 Å². The summed E-state index contributed by atoms with van der Waals surface area (Å²) in [7, 11) is -4.55. The average molecular weight is 451 g/mol. The summed E-state index contributed by atoms with van der Waals surface area (Å²) in [6.45, 7) is 2.58. The van der Waals surface area contributed by atoms with E-state index in [0.717, 1.165) is 27.9 Å². The van der Waals surface area contributed by atoms with Crippen LogP contribution < -0.4 is 5.32 Å². The molecule has 2 aromatic heterocycles. The average Bonchev–Trinajstić information content (AvgIpc) is 3.23. The van der Waals surface area contributed by atoms with Gasteiger partial charge in [0.05, 0.1) is 18.0 Å². The van der Waals surface area contributed by atoms with Crippen LogP contribution in [0.4, 0.5) is 9.57 Å². The molecule has 0 saturated carbocycles. The zero-order valence-electron chi connectivity index (χ0n) is 17.6. The first-order valence-corrected chi connectivity index (χ1v) is 11.7. The molecule has 8 heteroatoms. The molecule has 0 saturated heterocycles. The van der Waals surface area contributed by atoms with Crippen LogP contribution in [0.25, 0.3) is 22.4 Å². The van der Waals surface area contributed by atoms with Crippen LogP contribution in [0.5, 0.6) is 0 Å². The van der Waals surface area contributed by atoms with Crippen molar-refractivity contribution in [1.29, 1.82) is 0 Å². The van der Waals surface area contributed by atoms with Gasteiger partial charge in [0, 0.05) is 36.4 Å². The molecule has 32 heavy (non-hydrogen) atoms. The van der Waals surface area contributed by atoms with Crippen molar-refractivity contribution in [2.45, 2.75) is 13.5 Å². The molecule has 0 atom stereocenters. The van der Waals surface area contributed by atoms with E-state index in [9.17, 15) is 12.3 Å². The molecule has 0 bridgehead atoms. The molecule has 0 radical (unpaired) electrons. The fraction of sp³-hybridized carbons (Fsp3) is 0.167. The van der Waals surface area contributed by atoms with Crippen molar-refractivity contribution < 1.29 is 12.3 Å². The summed E-state index contributed by atoms with van der Waals surface area (Å²) in [5, 5.41) is 7.74. The maximum Gasteiger partial charge on any atom is 0.304 e. The summed E-state index contributed by atoms with van der Waals surface area (Å²) in [6.07, 6.45) is 5.41. The van der Waals surface area contributed by atoms with Crippen molar-refractivity contribution in [2.75, 3.05) is 17.6 Å². The van der Waals surface area contributed by atoms with Gasteiger partial charge in [-0.15, -0.1) is 3.89 Å². The Hall–Kier alpha value is -3.52. The number of hydrogen-bond donors (Lipinski definition) is 1. The van der Waals surface area contributed by atoms with E-state index in [1.807, 2.05) is 54.2 Å². The zero-order chi connectivity index (χ0) is 22.6. The number of rotatable bonds is 8. The maximum absolute atomic E-state index is 13.0. The lowest BCUT2D eigenvalue weighted by Gasteiger charge is -2.13. The highest BCUT2D eigenvalue weighted by molar-refractivity contribution is 7.86. The molecule has 0 fully saturated rings. The lowest BCUT2D eigenvalue weighted by atomic mass is 9.99. The van der Waals surface area contributed by atoms with Gasteiger partial charge in [0.2, 0.25) is 0 Å². The van der Waals surface area contributed by atoms with Crippen LogP contribution in [0.1, 0.15) is 11.1 Å². The molecule has 4 rings (SSSR count). The standard InChI is InChI=1S/C24H23FN4O2S/c1-18-4-6-20(7-5-18)21-8-9-23(27-12-14-32(25,30)31)22(15-21)24-10-13-29(28-24)17-19-3-2-11-26-16-19/h2-11,13,15-16,27H,12,14,17H2,1H3. The fourth-order valence-corrected chi connectivity index (χ4v) is 3.76. The monoisotopic (exact) mass is 450 g/mol. The van der Waals surface area contributed by atoms with E-state index >= 15 is 0 Å². The van der Waals surface area contributed by atoms with Gasteiger partial charge < -0.3 is 5.32 Å². The molecule has 2 heterocycles. The Labute approximate surface area is 187 Å². The van der Waals surface area contributed by atoms with Gasteiger partial charge in [-0.3, -0.25) is 9.67 Å². The Morgan fingerprint density at radius 1 is 1.03 bits per heavy atom. The number of nitrogens with zero attached hydrogens (tertiary/aromatic N) is 3. The third kappa shape index (κ3) is 5.59. The smallest absolute Gasteiger partial charge is 0.304 e. The summed E-state index contributed by atoms with van der Waals surface area (Å²) in [6, 6.07) is 19.8. The molecule has 0 amide bonds. The predicted octanol–water partition coefficient (Wildman–Crippen LogP) is 4.68. The summed E-state index contributed by atoms with van der Waals surface area (Å²) < 4.78 is 36.6. The first-order chi connectivity index (χ1) is 15.4. The molecule has 6 nitrogen and oxygen atoms in total. The number of pyridine rings is 1. The molecule has 1 N–H and O–H groups in total. The van der Waals surface area contributed by atoms with E-state index in [4.69, 9.17) is 5.10 Å². The minimum Gasteiger partial charge on any atom is -0.383 e. The van der Waals surface area contributed by atoms with Crippen molar-refractivity contribution in [3.8, 4) is 22.4 Å². The van der Waals surface area contributed by atoms with Crippen LogP contribution in [-0.4, -0.2) is 35.5 Å². The highest BCUT2D eigenvalue weighted by Crippen LogP contribution is 2.32. The van der Waals surface area contributed by atoms with Gasteiger partial charge in [-0.2, -0.15) is 13.5 Å². The Morgan fingerprint density at radius 3 is 2.53 bits per heavy atom. The molecule has 0 aliphatic rings. The van der Waals surface area contributed by atoms with Crippen LogP contribution in [-0.2, 0) is 16.8 Å². The number of halogens is 1. The fourth-order valence-electron chi connectivity index (χ4n) is 3.42. The predicted molar refractivity (Wildman–Crippen MR) is 125 cm³/mol. The van der Waals surface area contributed by atoms with Gasteiger partial charge in [-0.1, -0.05) is 42.0 Å². The van der Waals surface area contributed by atoms with Crippen molar-refractivity contribution in [3.05, 3.63) is 90.4 Å². The van der Waals surface area contributed by atoms with Crippen molar-refractivity contribution >= 4 is 15.9 Å². The van der Waals surface area contributed by atoms with E-state index in [2.05, 4.69) is 34.6 Å². The van der Waals surface area contributed by atoms with Crippen LogP contribution in [0, 0.1) is 6.92 Å². The highest BCUT2D eigenvalue weighted by Gasteiger charge is 2.13. The topological polar surface area (TPSA) is 76.9 Å². The molecule has 0 aliphatic heterocycles. The van der Waals surface area contributed by atoms with E-state index in [0.29, 0.717) is 12.2 Å². The Morgan fingerprint density at radius 2 is 1.81 bits per heavy atom. The molecule has 4 aromatic rings. The Kier molecular flexibility index (Phi) is 6.32. The number of benzene rings is 2. The van der Waals surface area contributed by atoms with Gasteiger partial charge in [0.15, 0.2) is 0 Å². The Balaban J connectivity index is 1.66. The van der Waals surface area contributed by atoms with Crippen molar-refractivity contribution in [3.63, 3.8) is 0 Å². The minimum absolute atomic E-state index is 0.0356. The van der Waals surface area contributed by atoms with Crippen LogP contribution >= 0.6 is 0 Å². The summed E-state index contributed by atoms with van der Waals surface area (Å²) in [4.78, 5) is 4.13. The molecular formula is C24H23FN4O2S. The second-order valence-corrected chi connectivity index (χ2v) is 9.04. The first kappa shape index (κ1) is 21.7. The van der Waals surface area contributed by atoms with E-state index in [1.165, 1.54) is 5.56 Å². The Bertz CT molecular complexity index is 1300. The zero-order valence-corrected chi connectivity index (χ0v) is 18.4. The van der Waals surface area contributed by atoms with Crippen molar-refractivity contribution in [2.24, 2.45) is 0 Å². The lowest BCUT2D eigenvalue weighted by Crippen LogP contribution is -2.12. The summed E-state index contributed by atoms with van der Waals surface area (Å²) in [5.41, 5.74) is 6.50. The van der Waals surface area contributed by atoms with E-state index in [1.54, 1.807) is 12.4 Å². The molecular weight excluding hydrogens is 427 g/mol. The minimum atomic E-state index is -4.55. The molecule has 0 unspecified atom stereocenters. The van der Waals surface area contributed by atoms with Crippen LogP contribution in [0.15, 0.2) is 79.3 Å². The number of hydrogen-bond acceptors (Lipinski definition) is 5. The van der Waals surface area contributed by atoms with Gasteiger partial charge in [-0.05, 0) is 47.9 Å². The number of aromatic nitrogens is 3. The largest absolute Gasteiger partial charge is 0.383 e. The molecule has 0 spiro atoms. The summed E-state index contributed by atoms with van der Waals surface area (Å²) in [5.74, 6) is -0.596. The summed E-state index contributed by atoms with van der Waals surface area (Å²) >= 11 is 0. The molecule has 164 valence electrons. The van der Waals surface area contributed by atoms with Crippen LogP contribution in [0.3, 0.4) is 0 Å². The number of anilines is 1. The third-order valence-electron chi connectivity index (χ3n) is 5.05. The van der Waals surface area contributed by atoms with Crippen molar-refractivity contribution in [1.82, 2.24) is 14.8 Å². The van der Waals surface area contributed by atoms with Gasteiger partial charge in [0.1, 0.15) is 0 Å². The number of nitrogens with one attached hydrogen (secondary N) is 1. The normalized spacial score (nSPS) is 11.4. The second-order valence-electron chi connectivity index (χ2n) is 7.56. The van der Waals surface area contributed by atoms with E-state index in [-0.39, 0.29) is 6.54 Å². The highest BCUT2D eigenvalue weighted by atomic mass is 32.3. The maximum atomic E-state index is 13.0. The second kappa shape index (κ2) is 9.32. The quantitative estimate of drug-likeness (QED) is 0.395. The lowest BCUT2D eigenvalue weighted by molar-refractivity contribution is 0.552. The number of aryl methyl sites for hydroxylation is 1. The van der Waals surface area contributed by atoms with Gasteiger partial charge in [0.25, 0.3) is 0 Å². The van der Waals surface area contributed by atoms with E-state index < -0.39 is 16.0 Å². The van der Waals surface area contributed by atoms with Crippen LogP contribution in [0.2, 0.25) is 0 Å². The third-order valence-corrected chi connectivity index (χ3v) is 5.74. The van der Waals surface area contributed by atoms with Gasteiger partial charge in [-0.25, -0.2) is 0 Å².